The maximum Gasteiger partial charge on any atom is 0.257 e. The molecule has 0 amide bonds. The first-order valence-electron chi connectivity index (χ1n) is 8.81. The van der Waals surface area contributed by atoms with E-state index >= 15 is 0 Å². The molecule has 0 bridgehead atoms. The minimum atomic E-state index is 0. The van der Waals surface area contributed by atoms with Crippen LogP contribution in [0.5, 0.6) is 5.75 Å². The molecular weight excluding hydrogens is 469 g/mol. The largest absolute Gasteiger partial charge is 0.497 e. The number of halogens is 1. The number of aryl methyl sites for hydroxylation is 1. The monoisotopic (exact) mass is 493 g/mol. The smallest absolute Gasteiger partial charge is 0.257 e. The van der Waals surface area contributed by atoms with Gasteiger partial charge in [-0.05, 0) is 48.4 Å². The maximum atomic E-state index is 5.94. The van der Waals surface area contributed by atoms with Gasteiger partial charge in [-0.3, -0.25) is 4.99 Å². The molecule has 8 heteroatoms. The van der Waals surface area contributed by atoms with Crippen molar-refractivity contribution in [2.45, 2.75) is 19.8 Å². The van der Waals surface area contributed by atoms with E-state index in [0.29, 0.717) is 24.2 Å². The molecule has 0 fully saturated rings. The van der Waals surface area contributed by atoms with Crippen LogP contribution in [-0.4, -0.2) is 29.8 Å². The molecule has 3 aromatic rings. The van der Waals surface area contributed by atoms with E-state index in [9.17, 15) is 0 Å². The number of nitrogens with one attached hydrogen (secondary N) is 1. The number of nitrogens with zero attached hydrogens (tertiary/aromatic N) is 3. The quantitative estimate of drug-likeness (QED) is 0.295. The number of hydrogen-bond donors (Lipinski definition) is 2. The summed E-state index contributed by atoms with van der Waals surface area (Å²) in [7, 11) is 1.63. The molecule has 0 radical (unpaired) electrons. The Morgan fingerprint density at radius 1 is 1.14 bits per heavy atom. The normalized spacial score (nSPS) is 11.0. The number of hydrogen-bond acceptors (Lipinski definition) is 5. The third-order valence-electron chi connectivity index (χ3n) is 4.03. The van der Waals surface area contributed by atoms with Gasteiger partial charge in [-0.15, -0.1) is 24.0 Å². The zero-order chi connectivity index (χ0) is 19.1. The number of nitrogens with two attached hydrogens (primary N) is 1. The molecule has 1 heterocycles. The van der Waals surface area contributed by atoms with Crippen molar-refractivity contribution in [1.82, 2.24) is 10.1 Å². The van der Waals surface area contributed by atoms with Crippen molar-refractivity contribution >= 4 is 35.6 Å². The van der Waals surface area contributed by atoms with Gasteiger partial charge in [0.15, 0.2) is 11.8 Å². The van der Waals surface area contributed by atoms with Crippen LogP contribution in [0.1, 0.15) is 18.3 Å². The summed E-state index contributed by atoms with van der Waals surface area (Å²) in [5.74, 6) is 2.44. The molecule has 7 nitrogen and oxygen atoms in total. The molecule has 28 heavy (non-hydrogen) atoms. The van der Waals surface area contributed by atoms with Crippen LogP contribution in [0.2, 0.25) is 0 Å². The van der Waals surface area contributed by atoms with Crippen molar-refractivity contribution in [3.63, 3.8) is 0 Å². The van der Waals surface area contributed by atoms with Gasteiger partial charge in [-0.1, -0.05) is 24.2 Å². The zero-order valence-corrected chi connectivity index (χ0v) is 18.2. The Morgan fingerprint density at radius 3 is 2.46 bits per heavy atom. The molecule has 0 saturated heterocycles. The molecule has 3 rings (SSSR count). The van der Waals surface area contributed by atoms with Gasteiger partial charge in [0.2, 0.25) is 0 Å². The summed E-state index contributed by atoms with van der Waals surface area (Å²) in [4.78, 5) is 8.70. The third-order valence-corrected chi connectivity index (χ3v) is 4.03. The average Bonchev–Trinajstić information content (AvgIpc) is 3.18. The van der Waals surface area contributed by atoms with Crippen LogP contribution in [0.4, 0.5) is 5.69 Å². The summed E-state index contributed by atoms with van der Waals surface area (Å²) in [6, 6.07) is 15.5. The summed E-state index contributed by atoms with van der Waals surface area (Å²) >= 11 is 0. The van der Waals surface area contributed by atoms with Gasteiger partial charge in [0.25, 0.3) is 5.89 Å². The van der Waals surface area contributed by atoms with Crippen molar-refractivity contribution in [3.05, 3.63) is 59.9 Å². The number of ether oxygens (including phenoxy) is 1. The first-order chi connectivity index (χ1) is 13.2. The highest BCUT2D eigenvalue weighted by Gasteiger charge is 2.07. The summed E-state index contributed by atoms with van der Waals surface area (Å²) in [6.45, 7) is 2.59. The van der Waals surface area contributed by atoms with E-state index in [4.69, 9.17) is 15.0 Å². The van der Waals surface area contributed by atoms with Crippen molar-refractivity contribution in [2.75, 3.05) is 19.0 Å². The number of guanidine groups is 1. The summed E-state index contributed by atoms with van der Waals surface area (Å²) < 4.78 is 10.4. The summed E-state index contributed by atoms with van der Waals surface area (Å²) in [5.41, 5.74) is 8.88. The second-order valence-corrected chi connectivity index (χ2v) is 5.94. The topological polar surface area (TPSA) is 98.6 Å². The minimum Gasteiger partial charge on any atom is -0.497 e. The highest BCUT2D eigenvalue weighted by atomic mass is 127. The van der Waals surface area contributed by atoms with Gasteiger partial charge in [-0.25, -0.2) is 0 Å². The van der Waals surface area contributed by atoms with Gasteiger partial charge < -0.3 is 20.3 Å². The molecule has 3 N–H and O–H groups in total. The molecule has 0 spiro atoms. The fourth-order valence-corrected chi connectivity index (χ4v) is 2.50. The minimum absolute atomic E-state index is 0. The number of anilines is 1. The predicted octanol–water partition coefficient (Wildman–Crippen LogP) is 3.89. The Bertz CT molecular complexity index is 892. The Morgan fingerprint density at radius 2 is 1.86 bits per heavy atom. The standard InChI is InChI=1S/C20H23N5O2.HI/c1-3-18-24-19(27-25-18)15-6-4-14(5-7-15)12-13-22-20(21)23-16-8-10-17(26-2)11-9-16;/h4-11H,3,12-13H2,1-2H3,(H3,21,22,23);1H. The van der Waals surface area contributed by atoms with Crippen LogP contribution in [-0.2, 0) is 12.8 Å². The van der Waals surface area contributed by atoms with E-state index in [1.807, 2.05) is 55.5 Å². The lowest BCUT2D eigenvalue weighted by molar-refractivity contribution is 0.415. The van der Waals surface area contributed by atoms with Crippen molar-refractivity contribution in [3.8, 4) is 17.2 Å². The van der Waals surface area contributed by atoms with Crippen molar-refractivity contribution in [2.24, 2.45) is 10.7 Å². The number of aliphatic imine (C=N–C) groups is 1. The molecule has 0 unspecified atom stereocenters. The lowest BCUT2D eigenvalue weighted by Gasteiger charge is -2.07. The van der Waals surface area contributed by atoms with E-state index in [1.165, 1.54) is 0 Å². The molecule has 2 aromatic carbocycles. The second-order valence-electron chi connectivity index (χ2n) is 5.94. The van der Waals surface area contributed by atoms with E-state index in [1.54, 1.807) is 7.11 Å². The van der Waals surface area contributed by atoms with E-state index in [0.717, 1.165) is 35.4 Å². The fraction of sp³-hybridized carbons (Fsp3) is 0.250. The number of rotatable bonds is 7. The average molecular weight is 493 g/mol. The highest BCUT2D eigenvalue weighted by molar-refractivity contribution is 14.0. The van der Waals surface area contributed by atoms with E-state index in [2.05, 4.69) is 20.4 Å². The van der Waals surface area contributed by atoms with Gasteiger partial charge in [0.1, 0.15) is 5.75 Å². The van der Waals surface area contributed by atoms with Crippen LogP contribution < -0.4 is 15.8 Å². The Balaban J connectivity index is 0.00000280. The zero-order valence-electron chi connectivity index (χ0n) is 15.9. The fourth-order valence-electron chi connectivity index (χ4n) is 2.50. The molecule has 148 valence electrons. The second kappa shape index (κ2) is 10.6. The summed E-state index contributed by atoms with van der Waals surface area (Å²) in [5, 5.41) is 6.98. The lowest BCUT2D eigenvalue weighted by Crippen LogP contribution is -2.23. The van der Waals surface area contributed by atoms with Crippen molar-refractivity contribution < 1.29 is 9.26 Å². The van der Waals surface area contributed by atoms with Gasteiger partial charge in [0, 0.05) is 24.2 Å². The Hall–Kier alpha value is -2.62. The number of aromatic nitrogens is 2. The predicted molar refractivity (Wildman–Crippen MR) is 121 cm³/mol. The van der Waals surface area contributed by atoms with E-state index in [-0.39, 0.29) is 24.0 Å². The Labute approximate surface area is 181 Å². The third kappa shape index (κ3) is 5.95. The molecule has 0 atom stereocenters. The Kier molecular flexibility index (Phi) is 8.24. The first kappa shape index (κ1) is 21.7. The molecule has 0 saturated carbocycles. The van der Waals surface area contributed by atoms with E-state index < -0.39 is 0 Å². The van der Waals surface area contributed by atoms with Gasteiger partial charge in [-0.2, -0.15) is 4.98 Å². The van der Waals surface area contributed by atoms with Crippen LogP contribution in [0.25, 0.3) is 11.5 Å². The molecule has 1 aromatic heterocycles. The molecule has 0 aliphatic carbocycles. The maximum absolute atomic E-state index is 5.94. The van der Waals surface area contributed by atoms with Gasteiger partial charge >= 0.3 is 0 Å². The summed E-state index contributed by atoms with van der Waals surface area (Å²) in [6.07, 6.45) is 1.54. The van der Waals surface area contributed by atoms with Crippen LogP contribution in [0.3, 0.4) is 0 Å². The number of benzene rings is 2. The highest BCUT2D eigenvalue weighted by Crippen LogP contribution is 2.18. The number of methoxy groups -OCH3 is 1. The van der Waals surface area contributed by atoms with Crippen molar-refractivity contribution in [1.29, 1.82) is 0 Å². The molecule has 0 aliphatic rings. The molecular formula is C20H24IN5O2. The van der Waals surface area contributed by atoms with Crippen LogP contribution in [0.15, 0.2) is 58.0 Å². The SMILES string of the molecule is CCc1noc(-c2ccc(CCN=C(N)Nc3ccc(OC)cc3)cc2)n1.I. The van der Waals surface area contributed by atoms with Crippen LogP contribution >= 0.6 is 24.0 Å². The first-order valence-corrected chi connectivity index (χ1v) is 8.81. The van der Waals surface area contributed by atoms with Crippen LogP contribution in [0, 0.1) is 0 Å². The molecule has 0 aliphatic heterocycles. The van der Waals surface area contributed by atoms with Gasteiger partial charge in [0.05, 0.1) is 7.11 Å². The lowest BCUT2D eigenvalue weighted by atomic mass is 10.1.